The van der Waals surface area contributed by atoms with Gasteiger partial charge in [0.1, 0.15) is 0 Å². The van der Waals surface area contributed by atoms with Gasteiger partial charge in [-0.1, -0.05) is 0 Å². The number of nitrogens with zero attached hydrogens (tertiary/aromatic N) is 1. The Hall–Kier alpha value is -0.420. The minimum absolute atomic E-state index is 0.296. The van der Waals surface area contributed by atoms with Crippen molar-refractivity contribution in [2.45, 2.75) is 6.92 Å². The average molecular weight is 309 g/mol. The maximum Gasteiger partial charge on any atom is 0.358 e. The molecule has 0 aromatic carbocycles. The number of hydrogen-bond donors (Lipinski definition) is 0. The highest BCUT2D eigenvalue weighted by Crippen LogP contribution is 2.19. The van der Waals surface area contributed by atoms with Gasteiger partial charge in [-0.25, -0.2) is 9.78 Å². The van der Waals surface area contributed by atoms with Gasteiger partial charge in [-0.05, 0) is 44.8 Å². The Morgan fingerprint density at radius 3 is 2.85 bits per heavy atom. The first-order chi connectivity index (χ1) is 6.15. The van der Waals surface area contributed by atoms with E-state index < -0.39 is 5.97 Å². The second-order valence-electron chi connectivity index (χ2n) is 2.20. The molecule has 0 aliphatic carbocycles. The van der Waals surface area contributed by atoms with Crippen LogP contribution in [-0.2, 0) is 4.74 Å². The van der Waals surface area contributed by atoms with E-state index in [1.165, 1.54) is 0 Å². The molecule has 0 atom stereocenters. The molecule has 0 amide bonds. The van der Waals surface area contributed by atoms with Crippen molar-refractivity contribution < 1.29 is 9.53 Å². The van der Waals surface area contributed by atoms with Crippen LogP contribution >= 0.6 is 31.9 Å². The summed E-state index contributed by atoms with van der Waals surface area (Å²) in [5.41, 5.74) is 0.296. The number of rotatable bonds is 2. The SMILES string of the molecule is CCOC(=O)c1ncc(Br)cc1Br. The monoisotopic (exact) mass is 307 g/mol. The largest absolute Gasteiger partial charge is 0.461 e. The molecule has 1 aromatic heterocycles. The van der Waals surface area contributed by atoms with Gasteiger partial charge in [0.25, 0.3) is 0 Å². The highest BCUT2D eigenvalue weighted by atomic mass is 79.9. The number of ether oxygens (including phenoxy) is 1. The summed E-state index contributed by atoms with van der Waals surface area (Å²) < 4.78 is 6.24. The molecular weight excluding hydrogens is 302 g/mol. The van der Waals surface area contributed by atoms with Gasteiger partial charge in [0.05, 0.1) is 11.1 Å². The van der Waals surface area contributed by atoms with E-state index in [2.05, 4.69) is 36.8 Å². The lowest BCUT2D eigenvalue weighted by atomic mass is 10.3. The lowest BCUT2D eigenvalue weighted by Crippen LogP contribution is -2.07. The summed E-state index contributed by atoms with van der Waals surface area (Å²) in [6.07, 6.45) is 1.55. The summed E-state index contributed by atoms with van der Waals surface area (Å²) in [5.74, 6) is -0.415. The summed E-state index contributed by atoms with van der Waals surface area (Å²) in [5, 5.41) is 0. The second-order valence-corrected chi connectivity index (χ2v) is 3.97. The normalized spacial score (nSPS) is 9.77. The first-order valence-corrected chi connectivity index (χ1v) is 5.22. The average Bonchev–Trinajstić information content (AvgIpc) is 2.04. The van der Waals surface area contributed by atoms with Crippen molar-refractivity contribution in [2.24, 2.45) is 0 Å². The highest BCUT2D eigenvalue weighted by Gasteiger charge is 2.12. The molecule has 3 nitrogen and oxygen atoms in total. The molecule has 0 fully saturated rings. The van der Waals surface area contributed by atoms with Crippen LogP contribution in [0.1, 0.15) is 17.4 Å². The number of halogens is 2. The van der Waals surface area contributed by atoms with Gasteiger partial charge in [0, 0.05) is 10.7 Å². The van der Waals surface area contributed by atoms with Crippen molar-refractivity contribution in [2.75, 3.05) is 6.61 Å². The second kappa shape index (κ2) is 4.72. The van der Waals surface area contributed by atoms with E-state index in [9.17, 15) is 4.79 Å². The number of esters is 1. The molecule has 0 aliphatic heterocycles. The molecule has 0 bridgehead atoms. The zero-order chi connectivity index (χ0) is 9.84. The molecule has 0 radical (unpaired) electrons. The van der Waals surface area contributed by atoms with Gasteiger partial charge in [-0.2, -0.15) is 0 Å². The Kier molecular flexibility index (Phi) is 3.87. The fourth-order valence-electron chi connectivity index (χ4n) is 0.764. The molecule has 1 rings (SSSR count). The van der Waals surface area contributed by atoms with E-state index in [1.54, 1.807) is 19.2 Å². The molecule has 5 heteroatoms. The molecule has 0 spiro atoms. The van der Waals surface area contributed by atoms with E-state index >= 15 is 0 Å². The standard InChI is InChI=1S/C8H7Br2NO2/c1-2-13-8(12)7-6(10)3-5(9)4-11-7/h3-4H,2H2,1H3. The van der Waals surface area contributed by atoms with Gasteiger partial charge >= 0.3 is 5.97 Å². The molecule has 0 saturated carbocycles. The smallest absolute Gasteiger partial charge is 0.358 e. The zero-order valence-corrected chi connectivity index (χ0v) is 10.1. The first kappa shape index (κ1) is 10.7. The third-order valence-corrected chi connectivity index (χ3v) is 2.31. The van der Waals surface area contributed by atoms with Gasteiger partial charge in [0.2, 0.25) is 0 Å². The van der Waals surface area contributed by atoms with E-state index in [-0.39, 0.29) is 0 Å². The molecule has 1 aromatic rings. The molecule has 0 saturated heterocycles. The van der Waals surface area contributed by atoms with Crippen molar-refractivity contribution in [1.29, 1.82) is 0 Å². The Morgan fingerprint density at radius 1 is 1.62 bits per heavy atom. The molecule has 70 valence electrons. The predicted molar refractivity (Wildman–Crippen MR) is 55.6 cm³/mol. The summed E-state index contributed by atoms with van der Waals surface area (Å²) >= 11 is 6.46. The van der Waals surface area contributed by atoms with Crippen LogP contribution in [0.3, 0.4) is 0 Å². The topological polar surface area (TPSA) is 39.2 Å². The fourth-order valence-corrected chi connectivity index (χ4v) is 1.91. The fraction of sp³-hybridized carbons (Fsp3) is 0.250. The van der Waals surface area contributed by atoms with Crippen LogP contribution in [0.15, 0.2) is 21.2 Å². The van der Waals surface area contributed by atoms with Crippen LogP contribution in [0.5, 0.6) is 0 Å². The molecule has 13 heavy (non-hydrogen) atoms. The Bertz CT molecular complexity index is 328. The Morgan fingerprint density at radius 2 is 2.31 bits per heavy atom. The Labute approximate surface area is 92.8 Å². The molecular formula is C8H7Br2NO2. The lowest BCUT2D eigenvalue weighted by molar-refractivity contribution is 0.0518. The van der Waals surface area contributed by atoms with Gasteiger partial charge in [-0.3, -0.25) is 0 Å². The minimum atomic E-state index is -0.415. The van der Waals surface area contributed by atoms with E-state index in [4.69, 9.17) is 4.74 Å². The van der Waals surface area contributed by atoms with Crippen molar-refractivity contribution in [3.63, 3.8) is 0 Å². The molecule has 0 N–H and O–H groups in total. The van der Waals surface area contributed by atoms with Crippen LogP contribution in [0.25, 0.3) is 0 Å². The maximum atomic E-state index is 11.2. The minimum Gasteiger partial charge on any atom is -0.461 e. The quantitative estimate of drug-likeness (QED) is 0.789. The van der Waals surface area contributed by atoms with Gasteiger partial charge < -0.3 is 4.74 Å². The van der Waals surface area contributed by atoms with Crippen molar-refractivity contribution in [3.05, 3.63) is 26.9 Å². The third kappa shape index (κ3) is 2.77. The van der Waals surface area contributed by atoms with Gasteiger partial charge in [-0.15, -0.1) is 0 Å². The van der Waals surface area contributed by atoms with Crippen molar-refractivity contribution in [1.82, 2.24) is 4.98 Å². The summed E-state index contributed by atoms with van der Waals surface area (Å²) in [6.45, 7) is 2.10. The summed E-state index contributed by atoms with van der Waals surface area (Å²) in [4.78, 5) is 15.2. The number of hydrogen-bond acceptors (Lipinski definition) is 3. The lowest BCUT2D eigenvalue weighted by Gasteiger charge is -2.02. The number of carbonyl (C=O) groups excluding carboxylic acids is 1. The summed E-state index contributed by atoms with van der Waals surface area (Å²) in [7, 11) is 0. The van der Waals surface area contributed by atoms with Crippen LogP contribution in [0.2, 0.25) is 0 Å². The highest BCUT2D eigenvalue weighted by molar-refractivity contribution is 9.11. The number of aromatic nitrogens is 1. The molecule has 1 heterocycles. The first-order valence-electron chi connectivity index (χ1n) is 3.63. The van der Waals surface area contributed by atoms with E-state index in [0.29, 0.717) is 16.8 Å². The van der Waals surface area contributed by atoms with Gasteiger partial charge in [0.15, 0.2) is 5.69 Å². The Balaban J connectivity index is 2.95. The van der Waals surface area contributed by atoms with Crippen molar-refractivity contribution >= 4 is 37.8 Å². The molecule has 0 unspecified atom stereocenters. The number of pyridine rings is 1. The van der Waals surface area contributed by atoms with Crippen LogP contribution < -0.4 is 0 Å². The van der Waals surface area contributed by atoms with Crippen molar-refractivity contribution in [3.8, 4) is 0 Å². The van der Waals surface area contributed by atoms with Crippen LogP contribution in [0, 0.1) is 0 Å². The number of carbonyl (C=O) groups is 1. The zero-order valence-electron chi connectivity index (χ0n) is 6.88. The van der Waals surface area contributed by atoms with E-state index in [1.807, 2.05) is 0 Å². The summed E-state index contributed by atoms with van der Waals surface area (Å²) in [6, 6.07) is 1.75. The predicted octanol–water partition coefficient (Wildman–Crippen LogP) is 2.78. The molecule has 0 aliphatic rings. The van der Waals surface area contributed by atoms with Crippen LogP contribution in [0.4, 0.5) is 0 Å². The maximum absolute atomic E-state index is 11.2. The van der Waals surface area contributed by atoms with Crippen LogP contribution in [-0.4, -0.2) is 17.6 Å². The van der Waals surface area contributed by atoms with E-state index in [0.717, 1.165) is 4.47 Å². The third-order valence-electron chi connectivity index (χ3n) is 1.28.